The summed E-state index contributed by atoms with van der Waals surface area (Å²) in [6.45, 7) is 4.29. The largest absolute Gasteiger partial charge is 0.493 e. The van der Waals surface area contributed by atoms with Gasteiger partial charge in [-0.2, -0.15) is 0 Å². The fourth-order valence-corrected chi connectivity index (χ4v) is 2.03. The normalized spacial score (nSPS) is 10.8. The van der Waals surface area contributed by atoms with E-state index >= 15 is 0 Å². The van der Waals surface area contributed by atoms with E-state index in [1.807, 2.05) is 24.3 Å². The minimum atomic E-state index is 0.535. The first-order valence-corrected chi connectivity index (χ1v) is 6.32. The van der Waals surface area contributed by atoms with Crippen LogP contribution in [-0.2, 0) is 6.42 Å². The molecule has 1 heterocycles. The monoisotopic (exact) mass is 261 g/mol. The molecule has 0 aliphatic carbocycles. The lowest BCUT2D eigenvalue weighted by Gasteiger charge is -2.10. The predicted octanol–water partition coefficient (Wildman–Crippen LogP) is 3.56. The van der Waals surface area contributed by atoms with Gasteiger partial charge in [-0.1, -0.05) is 25.1 Å². The second-order valence-electron chi connectivity index (χ2n) is 4.82. The number of nitrogens with zero attached hydrogens (tertiary/aromatic N) is 1. The molecule has 0 unspecified atom stereocenters. The standard InChI is InChI=1S/C15H19NO3/c1-10(2)8-11-9-13(16-19-11)12-6-5-7-14(17-3)15(12)18-4/h5-7,9-10H,8H2,1-4H3. The van der Waals surface area contributed by atoms with Gasteiger partial charge in [0, 0.05) is 18.1 Å². The molecule has 4 heteroatoms. The molecule has 0 atom stereocenters. The van der Waals surface area contributed by atoms with Gasteiger partial charge < -0.3 is 14.0 Å². The molecule has 0 spiro atoms. The van der Waals surface area contributed by atoms with Gasteiger partial charge in [0.25, 0.3) is 0 Å². The minimum Gasteiger partial charge on any atom is -0.493 e. The summed E-state index contributed by atoms with van der Waals surface area (Å²) in [5, 5.41) is 4.11. The zero-order chi connectivity index (χ0) is 13.8. The summed E-state index contributed by atoms with van der Waals surface area (Å²) in [6, 6.07) is 7.67. The molecule has 0 N–H and O–H groups in total. The van der Waals surface area contributed by atoms with Gasteiger partial charge in [0.15, 0.2) is 11.5 Å². The maximum atomic E-state index is 5.41. The van der Waals surface area contributed by atoms with Gasteiger partial charge in [-0.15, -0.1) is 0 Å². The Hall–Kier alpha value is -1.97. The van der Waals surface area contributed by atoms with Crippen LogP contribution in [0.4, 0.5) is 0 Å². The Morgan fingerprint density at radius 1 is 1.21 bits per heavy atom. The third kappa shape index (κ3) is 2.89. The summed E-state index contributed by atoms with van der Waals surface area (Å²) in [6.07, 6.45) is 0.874. The third-order valence-electron chi connectivity index (χ3n) is 2.85. The molecule has 2 aromatic rings. The first-order valence-electron chi connectivity index (χ1n) is 6.32. The number of ether oxygens (including phenoxy) is 2. The summed E-state index contributed by atoms with van der Waals surface area (Å²) in [5.74, 6) is 2.78. The van der Waals surface area contributed by atoms with Crippen LogP contribution >= 0.6 is 0 Å². The quantitative estimate of drug-likeness (QED) is 0.825. The van der Waals surface area contributed by atoms with Crippen molar-refractivity contribution in [3.05, 3.63) is 30.0 Å². The molecular weight excluding hydrogens is 242 g/mol. The molecule has 0 fully saturated rings. The molecule has 1 aromatic carbocycles. The van der Waals surface area contributed by atoms with Crippen LogP contribution in [0.3, 0.4) is 0 Å². The Balaban J connectivity index is 2.38. The number of para-hydroxylation sites is 1. The molecule has 102 valence electrons. The van der Waals surface area contributed by atoms with E-state index in [1.54, 1.807) is 14.2 Å². The van der Waals surface area contributed by atoms with Crippen LogP contribution in [0.25, 0.3) is 11.3 Å². The zero-order valence-electron chi connectivity index (χ0n) is 11.8. The fourth-order valence-electron chi connectivity index (χ4n) is 2.03. The van der Waals surface area contributed by atoms with Crippen molar-refractivity contribution in [1.29, 1.82) is 0 Å². The summed E-state index contributed by atoms with van der Waals surface area (Å²) >= 11 is 0. The second-order valence-corrected chi connectivity index (χ2v) is 4.82. The topological polar surface area (TPSA) is 44.5 Å². The molecule has 4 nitrogen and oxygen atoms in total. The van der Waals surface area contributed by atoms with Crippen LogP contribution < -0.4 is 9.47 Å². The Labute approximate surface area is 113 Å². The number of hydrogen-bond acceptors (Lipinski definition) is 4. The van der Waals surface area contributed by atoms with Crippen LogP contribution in [0.5, 0.6) is 11.5 Å². The number of methoxy groups -OCH3 is 2. The van der Waals surface area contributed by atoms with Crippen molar-refractivity contribution in [3.8, 4) is 22.8 Å². The van der Waals surface area contributed by atoms with Crippen molar-refractivity contribution in [2.24, 2.45) is 5.92 Å². The van der Waals surface area contributed by atoms with Crippen LogP contribution in [0.1, 0.15) is 19.6 Å². The first-order chi connectivity index (χ1) is 9.15. The van der Waals surface area contributed by atoms with Gasteiger partial charge >= 0.3 is 0 Å². The second kappa shape index (κ2) is 5.78. The maximum absolute atomic E-state index is 5.41. The average molecular weight is 261 g/mol. The van der Waals surface area contributed by atoms with E-state index < -0.39 is 0 Å². The summed E-state index contributed by atoms with van der Waals surface area (Å²) in [5.41, 5.74) is 1.65. The van der Waals surface area contributed by atoms with Crippen molar-refractivity contribution < 1.29 is 14.0 Å². The lowest BCUT2D eigenvalue weighted by Crippen LogP contribution is -1.93. The van der Waals surface area contributed by atoms with E-state index in [-0.39, 0.29) is 0 Å². The molecular formula is C15H19NO3. The SMILES string of the molecule is COc1cccc(-c2cc(CC(C)C)on2)c1OC. The Kier molecular flexibility index (Phi) is 4.10. The van der Waals surface area contributed by atoms with Crippen molar-refractivity contribution in [3.63, 3.8) is 0 Å². The van der Waals surface area contributed by atoms with Crippen molar-refractivity contribution >= 4 is 0 Å². The molecule has 0 amide bonds. The smallest absolute Gasteiger partial charge is 0.170 e. The molecule has 19 heavy (non-hydrogen) atoms. The summed E-state index contributed by atoms with van der Waals surface area (Å²) in [4.78, 5) is 0. The van der Waals surface area contributed by atoms with Crippen LogP contribution in [0.2, 0.25) is 0 Å². The van der Waals surface area contributed by atoms with Gasteiger partial charge in [-0.25, -0.2) is 0 Å². The van der Waals surface area contributed by atoms with Gasteiger partial charge in [0.1, 0.15) is 11.5 Å². The Morgan fingerprint density at radius 2 is 2.00 bits per heavy atom. The molecule has 2 rings (SSSR count). The predicted molar refractivity (Wildman–Crippen MR) is 73.6 cm³/mol. The number of rotatable bonds is 5. The van der Waals surface area contributed by atoms with Crippen molar-refractivity contribution in [2.75, 3.05) is 14.2 Å². The van der Waals surface area contributed by atoms with Gasteiger partial charge in [-0.05, 0) is 18.1 Å². The highest BCUT2D eigenvalue weighted by atomic mass is 16.5. The number of benzene rings is 1. The van der Waals surface area contributed by atoms with Gasteiger partial charge in [0.2, 0.25) is 0 Å². The average Bonchev–Trinajstić information content (AvgIpc) is 2.85. The number of hydrogen-bond donors (Lipinski definition) is 0. The molecule has 0 saturated carbocycles. The van der Waals surface area contributed by atoms with E-state index in [1.165, 1.54) is 0 Å². The van der Waals surface area contributed by atoms with Crippen LogP contribution in [0, 0.1) is 5.92 Å². The molecule has 0 aliphatic heterocycles. The van der Waals surface area contributed by atoms with E-state index in [0.717, 1.165) is 23.4 Å². The summed E-state index contributed by atoms with van der Waals surface area (Å²) in [7, 11) is 3.24. The van der Waals surface area contributed by atoms with Crippen LogP contribution in [0.15, 0.2) is 28.8 Å². The maximum Gasteiger partial charge on any atom is 0.170 e. The Bertz CT molecular complexity index is 546. The highest BCUT2D eigenvalue weighted by Gasteiger charge is 2.15. The molecule has 0 saturated heterocycles. The van der Waals surface area contributed by atoms with Gasteiger partial charge in [-0.3, -0.25) is 0 Å². The van der Waals surface area contributed by atoms with E-state index in [0.29, 0.717) is 17.4 Å². The first kappa shape index (κ1) is 13.5. The lowest BCUT2D eigenvalue weighted by atomic mass is 10.1. The summed E-state index contributed by atoms with van der Waals surface area (Å²) < 4.78 is 16.0. The zero-order valence-corrected chi connectivity index (χ0v) is 11.8. The highest BCUT2D eigenvalue weighted by Crippen LogP contribution is 2.37. The van der Waals surface area contributed by atoms with Crippen molar-refractivity contribution in [1.82, 2.24) is 5.16 Å². The van der Waals surface area contributed by atoms with Gasteiger partial charge in [0.05, 0.1) is 14.2 Å². The van der Waals surface area contributed by atoms with E-state index in [4.69, 9.17) is 14.0 Å². The Morgan fingerprint density at radius 3 is 2.63 bits per heavy atom. The van der Waals surface area contributed by atoms with E-state index in [9.17, 15) is 0 Å². The molecule has 0 aliphatic rings. The third-order valence-corrected chi connectivity index (χ3v) is 2.85. The molecule has 0 radical (unpaired) electrons. The lowest BCUT2D eigenvalue weighted by molar-refractivity contribution is 0.354. The highest BCUT2D eigenvalue weighted by molar-refractivity contribution is 5.71. The van der Waals surface area contributed by atoms with E-state index in [2.05, 4.69) is 19.0 Å². The number of aromatic nitrogens is 1. The molecule has 1 aromatic heterocycles. The minimum absolute atomic E-state index is 0.535. The van der Waals surface area contributed by atoms with Crippen molar-refractivity contribution in [2.45, 2.75) is 20.3 Å². The fraction of sp³-hybridized carbons (Fsp3) is 0.400. The van der Waals surface area contributed by atoms with Crippen LogP contribution in [-0.4, -0.2) is 19.4 Å². The molecule has 0 bridgehead atoms.